The van der Waals surface area contributed by atoms with Crippen molar-refractivity contribution >= 4 is 58.0 Å². The van der Waals surface area contributed by atoms with E-state index in [-0.39, 0.29) is 46.0 Å². The Morgan fingerprint density at radius 3 is 2.32 bits per heavy atom. The van der Waals surface area contributed by atoms with Gasteiger partial charge in [-0.2, -0.15) is 0 Å². The van der Waals surface area contributed by atoms with E-state index in [1.807, 2.05) is 6.92 Å². The Hall–Kier alpha value is -1.92. The highest BCUT2D eigenvalue weighted by Gasteiger charge is 2.59. The molecule has 1 aliphatic heterocycles. The van der Waals surface area contributed by atoms with Crippen molar-refractivity contribution in [3.05, 3.63) is 66.8 Å². The van der Waals surface area contributed by atoms with Crippen LogP contribution in [0.5, 0.6) is 11.5 Å². The molecule has 0 fully saturated rings. The molecule has 0 saturated carbocycles. The largest absolute Gasteiger partial charge is 0.496 e. The molecule has 5 nitrogen and oxygen atoms in total. The minimum absolute atomic E-state index is 0.133. The van der Waals surface area contributed by atoms with Crippen molar-refractivity contribution in [3.63, 3.8) is 0 Å². The van der Waals surface area contributed by atoms with Crippen LogP contribution in [-0.4, -0.2) is 31.4 Å². The van der Waals surface area contributed by atoms with Gasteiger partial charge in [-0.05, 0) is 41.7 Å². The summed E-state index contributed by atoms with van der Waals surface area (Å²) in [6.07, 6.45) is 1.92. The Labute approximate surface area is 217 Å². The molecule has 2 aromatic rings. The van der Waals surface area contributed by atoms with Gasteiger partial charge in [0.1, 0.15) is 11.3 Å². The lowest BCUT2D eigenvalue weighted by atomic mass is 9.75. The van der Waals surface area contributed by atoms with E-state index < -0.39 is 11.5 Å². The van der Waals surface area contributed by atoms with Gasteiger partial charge in [-0.1, -0.05) is 60.3 Å². The van der Waals surface area contributed by atoms with Gasteiger partial charge in [0.05, 0.1) is 19.2 Å². The van der Waals surface area contributed by atoms with Gasteiger partial charge in [-0.3, -0.25) is 9.59 Å². The first-order valence-electron chi connectivity index (χ1n) is 10.6. The summed E-state index contributed by atoms with van der Waals surface area (Å²) < 4.78 is 17.4. The number of allylic oxidation sites excluding steroid dienone is 1. The summed E-state index contributed by atoms with van der Waals surface area (Å²) in [7, 11) is 2.88. The Morgan fingerprint density at radius 2 is 1.74 bits per heavy atom. The third-order valence-corrected chi connectivity index (χ3v) is 7.77. The van der Waals surface area contributed by atoms with Crippen molar-refractivity contribution in [1.82, 2.24) is 0 Å². The highest BCUT2D eigenvalue weighted by Crippen LogP contribution is 2.54. The average Bonchev–Trinajstić information content (AvgIpc) is 3.08. The lowest BCUT2D eigenvalue weighted by molar-refractivity contribution is -0.118. The van der Waals surface area contributed by atoms with Crippen LogP contribution >= 0.6 is 46.4 Å². The normalized spacial score (nSPS) is 22.4. The highest BCUT2D eigenvalue weighted by atomic mass is 35.5. The van der Waals surface area contributed by atoms with E-state index >= 15 is 0 Å². The summed E-state index contributed by atoms with van der Waals surface area (Å²) in [5.74, 6) is -0.413. The number of rotatable bonds is 5. The number of benzene rings is 2. The smallest absolute Gasteiger partial charge is 0.231 e. The van der Waals surface area contributed by atoms with Crippen LogP contribution in [0.25, 0.3) is 0 Å². The Kier molecular flexibility index (Phi) is 6.87. The molecule has 34 heavy (non-hydrogen) atoms. The maximum atomic E-state index is 13.7. The number of ether oxygens (including phenoxy) is 3. The molecule has 0 aromatic heterocycles. The zero-order chi connectivity index (χ0) is 24.9. The predicted molar refractivity (Wildman–Crippen MR) is 133 cm³/mol. The van der Waals surface area contributed by atoms with Gasteiger partial charge in [0.15, 0.2) is 17.3 Å². The van der Waals surface area contributed by atoms with Crippen LogP contribution in [0.1, 0.15) is 47.7 Å². The second-order valence-electron chi connectivity index (χ2n) is 8.59. The number of halogens is 4. The topological polar surface area (TPSA) is 61.8 Å². The van der Waals surface area contributed by atoms with Crippen molar-refractivity contribution in [2.45, 2.75) is 38.2 Å². The number of carbonyl (C=O) groups is 2. The van der Waals surface area contributed by atoms with Crippen LogP contribution in [0, 0.1) is 5.92 Å². The third kappa shape index (κ3) is 3.87. The molecular weight excluding hydrogens is 522 g/mol. The monoisotopic (exact) mass is 542 g/mol. The Balaban J connectivity index is 1.81. The number of methoxy groups -OCH3 is 2. The molecule has 1 aliphatic carbocycles. The summed E-state index contributed by atoms with van der Waals surface area (Å²) in [4.78, 5) is 25.9. The molecule has 1 heterocycles. The summed E-state index contributed by atoms with van der Waals surface area (Å²) in [6.45, 7) is 3.74. The van der Waals surface area contributed by atoms with Gasteiger partial charge in [0, 0.05) is 33.5 Å². The summed E-state index contributed by atoms with van der Waals surface area (Å²) in [6, 6.07) is 5.01. The summed E-state index contributed by atoms with van der Waals surface area (Å²) >= 11 is 25.7. The van der Waals surface area contributed by atoms with Crippen LogP contribution in [-0.2, 0) is 16.0 Å². The van der Waals surface area contributed by atoms with E-state index in [0.29, 0.717) is 32.8 Å². The third-order valence-electron chi connectivity index (χ3n) is 6.49. The molecule has 0 amide bonds. The van der Waals surface area contributed by atoms with Crippen LogP contribution in [0.3, 0.4) is 0 Å². The second kappa shape index (κ2) is 9.27. The molecule has 2 aromatic carbocycles. The number of Topliss-reactive ketones (excluding diaryl/α,β-unsaturated/α-hetero) is 1. The first kappa shape index (κ1) is 25.2. The Morgan fingerprint density at radius 1 is 1.09 bits per heavy atom. The van der Waals surface area contributed by atoms with Crippen molar-refractivity contribution in [3.8, 4) is 11.5 Å². The second-order valence-corrected chi connectivity index (χ2v) is 10.2. The minimum atomic E-state index is -1.48. The molecule has 0 bridgehead atoms. The molecule has 180 valence electrons. The van der Waals surface area contributed by atoms with E-state index in [2.05, 4.69) is 0 Å². The molecule has 1 spiro atoms. The quantitative estimate of drug-likeness (QED) is 0.402. The molecule has 0 radical (unpaired) electrons. The maximum absolute atomic E-state index is 13.7. The fraction of sp³-hybridized carbons (Fsp3) is 0.360. The molecule has 1 unspecified atom stereocenters. The molecule has 9 heteroatoms. The van der Waals surface area contributed by atoms with E-state index in [4.69, 9.17) is 60.6 Å². The van der Waals surface area contributed by atoms with Gasteiger partial charge in [-0.25, -0.2) is 0 Å². The van der Waals surface area contributed by atoms with Crippen LogP contribution < -0.4 is 9.47 Å². The fourth-order valence-electron chi connectivity index (χ4n) is 4.73. The SMILES string of the molecule is COC1=CC(=O)C[C@@H](C)[C@]12Oc1c(Cl)c(C(C)Cc3c(Cl)cc(Cl)cc3Cl)cc(OC)c1C2=O. The maximum Gasteiger partial charge on any atom is 0.231 e. The van der Waals surface area contributed by atoms with Crippen LogP contribution in [0.15, 0.2) is 30.0 Å². The van der Waals surface area contributed by atoms with Crippen molar-refractivity contribution in [2.75, 3.05) is 14.2 Å². The number of hydrogen-bond acceptors (Lipinski definition) is 5. The van der Waals surface area contributed by atoms with Gasteiger partial charge < -0.3 is 14.2 Å². The molecule has 3 atom stereocenters. The van der Waals surface area contributed by atoms with Gasteiger partial charge in [0.2, 0.25) is 11.4 Å². The number of hydrogen-bond donors (Lipinski definition) is 0. The highest BCUT2D eigenvalue weighted by molar-refractivity contribution is 6.39. The van der Waals surface area contributed by atoms with E-state index in [9.17, 15) is 9.59 Å². The standard InChI is InChI=1S/C25H22Cl4O5/c1-11(5-16-17(27)7-13(26)8-18(16)28)15-10-19(32-3)21-23(22(15)29)34-25(24(21)31)12(2)6-14(30)9-20(25)33-4/h7-12H,5-6H2,1-4H3/t11?,12-,25+/m1/s1. The fourth-order valence-corrected chi connectivity index (χ4v) is 6.08. The van der Waals surface area contributed by atoms with Gasteiger partial charge in [0.25, 0.3) is 0 Å². The van der Waals surface area contributed by atoms with Gasteiger partial charge in [-0.15, -0.1) is 0 Å². The first-order chi connectivity index (χ1) is 16.0. The van der Waals surface area contributed by atoms with Crippen molar-refractivity contribution < 1.29 is 23.8 Å². The zero-order valence-electron chi connectivity index (χ0n) is 18.9. The van der Waals surface area contributed by atoms with Crippen molar-refractivity contribution in [2.24, 2.45) is 5.92 Å². The van der Waals surface area contributed by atoms with E-state index in [0.717, 1.165) is 5.56 Å². The molecule has 2 aliphatic rings. The Bertz CT molecular complexity index is 1220. The number of ketones is 2. The van der Waals surface area contributed by atoms with Crippen LogP contribution in [0.2, 0.25) is 20.1 Å². The lowest BCUT2D eigenvalue weighted by Crippen LogP contribution is -2.51. The molecular formula is C25H22Cl4O5. The predicted octanol–water partition coefficient (Wildman–Crippen LogP) is 7.11. The van der Waals surface area contributed by atoms with Crippen LogP contribution in [0.4, 0.5) is 0 Å². The van der Waals surface area contributed by atoms with E-state index in [1.54, 1.807) is 25.1 Å². The zero-order valence-corrected chi connectivity index (χ0v) is 22.0. The number of carbonyl (C=O) groups excluding carboxylic acids is 2. The van der Waals surface area contributed by atoms with E-state index in [1.165, 1.54) is 20.3 Å². The molecule has 0 N–H and O–H groups in total. The average molecular weight is 544 g/mol. The molecule has 4 rings (SSSR count). The summed E-state index contributed by atoms with van der Waals surface area (Å²) in [5, 5.41) is 1.64. The first-order valence-corrected chi connectivity index (χ1v) is 12.1. The van der Waals surface area contributed by atoms with Gasteiger partial charge >= 0.3 is 0 Å². The number of fused-ring (bicyclic) bond motifs is 1. The molecule has 0 saturated heterocycles. The van der Waals surface area contributed by atoms with Crippen molar-refractivity contribution in [1.29, 1.82) is 0 Å². The minimum Gasteiger partial charge on any atom is -0.496 e. The lowest BCUT2D eigenvalue weighted by Gasteiger charge is -2.36. The summed E-state index contributed by atoms with van der Waals surface area (Å²) in [5.41, 5.74) is 0.183.